The first-order valence-corrected chi connectivity index (χ1v) is 21.8. The van der Waals surface area contributed by atoms with Gasteiger partial charge in [-0.1, -0.05) is 67.9 Å². The highest BCUT2D eigenvalue weighted by Gasteiger charge is 2.85. The maximum absolute atomic E-state index is 15.1. The molecule has 2 spiro atoms. The number of hydrogen-bond donors (Lipinski definition) is 1. The molecule has 296 valence electrons. The zero-order chi connectivity index (χ0) is 39.2. The Balaban J connectivity index is 1.27. The van der Waals surface area contributed by atoms with Crippen LogP contribution in [-0.2, 0) is 34.0 Å². The van der Waals surface area contributed by atoms with Crippen LogP contribution >= 0.6 is 0 Å². The van der Waals surface area contributed by atoms with Crippen molar-refractivity contribution in [3.63, 3.8) is 0 Å². The number of hydrogen-bond acceptors (Lipinski definition) is 7. The minimum Gasteiger partial charge on any atom is -0.343 e. The van der Waals surface area contributed by atoms with Gasteiger partial charge in [-0.25, -0.2) is 8.42 Å². The molecule has 3 amide bonds. The minimum atomic E-state index is -3.81. The van der Waals surface area contributed by atoms with Gasteiger partial charge in [0.15, 0.2) is 5.78 Å². The van der Waals surface area contributed by atoms with E-state index in [4.69, 9.17) is 0 Å². The van der Waals surface area contributed by atoms with Gasteiger partial charge in [0.2, 0.25) is 27.7 Å². The van der Waals surface area contributed by atoms with Crippen LogP contribution in [0.1, 0.15) is 139 Å². The van der Waals surface area contributed by atoms with Crippen LogP contribution in [-0.4, -0.2) is 78.4 Å². The number of fused-ring (bicyclic) bond motifs is 1. The van der Waals surface area contributed by atoms with E-state index in [2.05, 4.69) is 25.1 Å². The molecule has 11 heteroatoms. The number of likely N-dealkylation sites (tertiary alicyclic amines) is 2. The van der Waals surface area contributed by atoms with Crippen LogP contribution in [0.5, 0.6) is 0 Å². The van der Waals surface area contributed by atoms with E-state index in [-0.39, 0.29) is 64.8 Å². The van der Waals surface area contributed by atoms with Crippen LogP contribution < -0.4 is 4.72 Å². The summed E-state index contributed by atoms with van der Waals surface area (Å²) in [5.41, 5.74) is -2.61. The summed E-state index contributed by atoms with van der Waals surface area (Å²) in [6, 6.07) is -0.781. The second-order valence-corrected chi connectivity index (χ2v) is 22.5. The van der Waals surface area contributed by atoms with Crippen molar-refractivity contribution in [1.29, 1.82) is 0 Å². The highest BCUT2D eigenvalue weighted by Crippen LogP contribution is 2.88. The normalized spacial score (nSPS) is 31.4. The highest BCUT2D eigenvalue weighted by molar-refractivity contribution is 7.90. The Bertz CT molecular complexity index is 1660. The quantitative estimate of drug-likeness (QED) is 0.220. The van der Waals surface area contributed by atoms with E-state index in [0.717, 1.165) is 38.5 Å². The number of ketones is 2. The van der Waals surface area contributed by atoms with Crippen LogP contribution in [0, 0.1) is 50.2 Å². The van der Waals surface area contributed by atoms with E-state index in [9.17, 15) is 27.6 Å². The summed E-state index contributed by atoms with van der Waals surface area (Å²) in [7, 11) is -3.81. The molecule has 2 aliphatic heterocycles. The lowest BCUT2D eigenvalue weighted by atomic mass is 9.70. The summed E-state index contributed by atoms with van der Waals surface area (Å²) in [4.78, 5) is 74.9. The first kappa shape index (κ1) is 40.1. The lowest BCUT2D eigenvalue weighted by Crippen LogP contribution is -2.49. The van der Waals surface area contributed by atoms with Gasteiger partial charge in [0.05, 0.1) is 16.7 Å². The summed E-state index contributed by atoms with van der Waals surface area (Å²) in [6.07, 6.45) is 9.66. The molecule has 0 unspecified atom stereocenters. The number of nitrogens with one attached hydrogen (secondary N) is 1. The topological polar surface area (TPSA) is 138 Å². The Morgan fingerprint density at radius 1 is 0.849 bits per heavy atom. The van der Waals surface area contributed by atoms with Crippen molar-refractivity contribution >= 4 is 39.3 Å². The van der Waals surface area contributed by atoms with E-state index in [0.29, 0.717) is 45.3 Å². The predicted octanol–water partition coefficient (Wildman–Crippen LogP) is 6.23. The number of allylic oxidation sites excluding steroid dienone is 1. The van der Waals surface area contributed by atoms with E-state index < -0.39 is 55.3 Å². The van der Waals surface area contributed by atoms with Crippen LogP contribution in [0.25, 0.3) is 0 Å². The molecular formula is C42H65N3O7S. The predicted molar refractivity (Wildman–Crippen MR) is 204 cm³/mol. The van der Waals surface area contributed by atoms with E-state index in [1.165, 1.54) is 0 Å². The fraction of sp³-hybridized carbons (Fsp3) is 0.833. The third kappa shape index (κ3) is 6.74. The fourth-order valence-corrected chi connectivity index (χ4v) is 12.5. The Morgan fingerprint density at radius 2 is 1.45 bits per heavy atom. The van der Waals surface area contributed by atoms with E-state index in [1.807, 2.05) is 46.4 Å². The third-order valence-corrected chi connectivity index (χ3v) is 17.1. The lowest BCUT2D eigenvalue weighted by molar-refractivity contribution is -0.148. The van der Waals surface area contributed by atoms with Crippen LogP contribution in [0.4, 0.5) is 0 Å². The number of rotatable bonds is 13. The molecule has 1 N–H and O–H groups in total. The molecule has 6 aliphatic rings. The van der Waals surface area contributed by atoms with Crippen molar-refractivity contribution < 1.29 is 32.4 Å². The zero-order valence-corrected chi connectivity index (χ0v) is 34.5. The number of carbonyl (C=O) groups is 5. The van der Waals surface area contributed by atoms with Crippen molar-refractivity contribution in [2.45, 2.75) is 150 Å². The molecule has 0 aromatic rings. The van der Waals surface area contributed by atoms with Gasteiger partial charge < -0.3 is 9.80 Å². The zero-order valence-electron chi connectivity index (χ0n) is 33.6. The van der Waals surface area contributed by atoms with Gasteiger partial charge in [0.1, 0.15) is 5.78 Å². The van der Waals surface area contributed by atoms with Gasteiger partial charge in [-0.3, -0.25) is 28.7 Å². The minimum absolute atomic E-state index is 0.00804. The van der Waals surface area contributed by atoms with Crippen LogP contribution in [0.2, 0.25) is 0 Å². The second kappa shape index (κ2) is 13.3. The number of carbonyl (C=O) groups excluding carboxylic acids is 5. The van der Waals surface area contributed by atoms with Crippen molar-refractivity contribution in [2.75, 3.05) is 19.6 Å². The van der Waals surface area contributed by atoms with Crippen LogP contribution in [0.15, 0.2) is 12.7 Å². The molecule has 6 rings (SSSR count). The Morgan fingerprint density at radius 3 is 1.92 bits per heavy atom. The number of nitrogens with zero attached hydrogens (tertiary/aromatic N) is 2. The van der Waals surface area contributed by atoms with Gasteiger partial charge in [-0.2, -0.15) is 0 Å². The van der Waals surface area contributed by atoms with Gasteiger partial charge >= 0.3 is 0 Å². The first-order chi connectivity index (χ1) is 24.5. The first-order valence-electron chi connectivity index (χ1n) is 20.3. The summed E-state index contributed by atoms with van der Waals surface area (Å²) in [5.74, 6) is -2.83. The van der Waals surface area contributed by atoms with Crippen molar-refractivity contribution in [1.82, 2.24) is 14.5 Å². The summed E-state index contributed by atoms with van der Waals surface area (Å²) >= 11 is 0. The molecule has 6 fully saturated rings. The number of piperidine rings is 1. The monoisotopic (exact) mass is 755 g/mol. The maximum atomic E-state index is 15.1. The fourth-order valence-electron chi connectivity index (χ4n) is 11.1. The Hall–Kier alpha value is -2.56. The van der Waals surface area contributed by atoms with Gasteiger partial charge in [0, 0.05) is 56.1 Å². The molecule has 0 aromatic heterocycles. The standard InChI is InChI=1S/C42H65N3O7S/c1-10-27-23-40(27,36(50)43-53(51,52)28-15-16-28)25-33(47)31-24-42(39(8,9)41(42)17-14-18-41)26-45(31)35(49)30(38(5,6)7)21-32(46)29(37(2,3)4)22-34(48)44-19-12-11-13-20-44/h10,27-31H,1,11-26H2,2-9H3,(H,43,50)/t27-,29-,30-,31+,40-,42-/m1/s1. The number of sulfonamides is 1. The molecule has 0 bridgehead atoms. The molecule has 4 aliphatic carbocycles. The number of amides is 3. The maximum Gasteiger partial charge on any atom is 0.240 e. The molecule has 2 saturated heterocycles. The SMILES string of the molecule is C=C[C@@H]1C[C@]1(CC(=O)[C@@H]1C[C@@]2(CN1C(=O)[C@@H](CC(=O)[C@@H](CC(=O)N1CCCCC1)C(C)(C)C)C(C)(C)C)C(C)(C)C21CCC1)C(=O)NS(=O)(=O)C1CC1. The van der Waals surface area contributed by atoms with Crippen LogP contribution in [0.3, 0.4) is 0 Å². The summed E-state index contributed by atoms with van der Waals surface area (Å²) in [5, 5.41) is -0.573. The molecule has 6 atom stereocenters. The van der Waals surface area contributed by atoms with Crippen molar-refractivity contribution in [3.05, 3.63) is 12.7 Å². The smallest absolute Gasteiger partial charge is 0.240 e. The van der Waals surface area contributed by atoms with E-state index in [1.54, 1.807) is 11.0 Å². The van der Waals surface area contributed by atoms with Gasteiger partial charge in [-0.15, -0.1) is 6.58 Å². The average molecular weight is 756 g/mol. The number of Topliss-reactive ketones (excluding diaryl/α,β-unsaturated/α-hetero) is 2. The summed E-state index contributed by atoms with van der Waals surface area (Å²) in [6.45, 7) is 22.1. The Labute approximate surface area is 318 Å². The molecule has 0 radical (unpaired) electrons. The average Bonchev–Trinajstić information content (AvgIpc) is 3.99. The van der Waals surface area contributed by atoms with Crippen molar-refractivity contribution in [2.24, 2.45) is 50.2 Å². The van der Waals surface area contributed by atoms with Gasteiger partial charge in [-0.05, 0) is 85.4 Å². The second-order valence-electron chi connectivity index (χ2n) is 20.5. The summed E-state index contributed by atoms with van der Waals surface area (Å²) < 4.78 is 27.9. The highest BCUT2D eigenvalue weighted by atomic mass is 32.2. The van der Waals surface area contributed by atoms with E-state index >= 15 is 4.79 Å². The lowest BCUT2D eigenvalue weighted by Gasteiger charge is -2.38. The molecule has 2 heterocycles. The molecule has 4 saturated carbocycles. The van der Waals surface area contributed by atoms with Gasteiger partial charge in [0.25, 0.3) is 0 Å². The molecule has 10 nitrogen and oxygen atoms in total. The molecule has 53 heavy (non-hydrogen) atoms. The Kier molecular flexibility index (Phi) is 10.1. The largest absolute Gasteiger partial charge is 0.343 e. The third-order valence-electron chi connectivity index (χ3n) is 15.3. The van der Waals surface area contributed by atoms with Crippen molar-refractivity contribution in [3.8, 4) is 0 Å². The molecular weight excluding hydrogens is 691 g/mol. The molecule has 0 aromatic carbocycles.